The van der Waals surface area contributed by atoms with Crippen molar-refractivity contribution in [3.63, 3.8) is 0 Å². The molecule has 0 saturated heterocycles. The predicted octanol–water partition coefficient (Wildman–Crippen LogP) is 2.56. The monoisotopic (exact) mass is 338 g/mol. The second-order valence-electron chi connectivity index (χ2n) is 6.18. The highest BCUT2D eigenvalue weighted by Crippen LogP contribution is 2.19. The molecule has 5 heteroatoms. The lowest BCUT2D eigenvalue weighted by Gasteiger charge is -2.08. The van der Waals surface area contributed by atoms with Crippen molar-refractivity contribution in [3.8, 4) is 5.75 Å². The number of hydrogen-bond acceptors (Lipinski definition) is 3. The van der Waals surface area contributed by atoms with Gasteiger partial charge in [-0.3, -0.25) is 9.59 Å². The summed E-state index contributed by atoms with van der Waals surface area (Å²) in [5, 5.41) is 5.83. The smallest absolute Gasteiger partial charge is 0.251 e. The average molecular weight is 338 g/mol. The number of rotatable bonds is 7. The largest absolute Gasteiger partial charge is 0.497 e. The lowest BCUT2D eigenvalue weighted by molar-refractivity contribution is 0.0940. The lowest BCUT2D eigenvalue weighted by Crippen LogP contribution is -2.27. The molecule has 130 valence electrons. The second-order valence-corrected chi connectivity index (χ2v) is 6.18. The highest BCUT2D eigenvalue weighted by molar-refractivity contribution is 5.98. The molecule has 1 aliphatic carbocycles. The molecule has 5 nitrogen and oxygen atoms in total. The summed E-state index contributed by atoms with van der Waals surface area (Å²) in [5.74, 6) is 0.591. The Bertz CT molecular complexity index is 752. The molecule has 25 heavy (non-hydrogen) atoms. The van der Waals surface area contributed by atoms with E-state index in [1.54, 1.807) is 31.4 Å². The van der Waals surface area contributed by atoms with Crippen LogP contribution >= 0.6 is 0 Å². The number of amides is 2. The Balaban J connectivity index is 1.49. The van der Waals surface area contributed by atoms with Crippen molar-refractivity contribution in [2.75, 3.05) is 13.7 Å². The third-order valence-corrected chi connectivity index (χ3v) is 4.16. The van der Waals surface area contributed by atoms with Gasteiger partial charge in [0.2, 0.25) is 0 Å². The van der Waals surface area contributed by atoms with Gasteiger partial charge in [0.1, 0.15) is 5.75 Å². The summed E-state index contributed by atoms with van der Waals surface area (Å²) >= 11 is 0. The summed E-state index contributed by atoms with van der Waals surface area (Å²) in [6.45, 7) is 0.538. The summed E-state index contributed by atoms with van der Waals surface area (Å²) in [6, 6.07) is 14.9. The average Bonchev–Trinajstić information content (AvgIpc) is 3.46. The van der Waals surface area contributed by atoms with Crippen molar-refractivity contribution in [1.29, 1.82) is 0 Å². The predicted molar refractivity (Wildman–Crippen MR) is 96.0 cm³/mol. The first-order valence-corrected chi connectivity index (χ1v) is 8.48. The van der Waals surface area contributed by atoms with E-state index in [-0.39, 0.29) is 11.8 Å². The molecule has 0 bridgehead atoms. The topological polar surface area (TPSA) is 67.4 Å². The molecule has 2 aromatic rings. The number of carbonyl (C=O) groups excluding carboxylic acids is 2. The van der Waals surface area contributed by atoms with Crippen LogP contribution in [0, 0.1) is 0 Å². The molecular weight excluding hydrogens is 316 g/mol. The minimum Gasteiger partial charge on any atom is -0.497 e. The van der Waals surface area contributed by atoms with E-state index in [4.69, 9.17) is 4.74 Å². The van der Waals surface area contributed by atoms with E-state index in [0.717, 1.165) is 30.6 Å². The van der Waals surface area contributed by atoms with E-state index in [1.807, 2.05) is 24.3 Å². The number of carbonyl (C=O) groups is 2. The quantitative estimate of drug-likeness (QED) is 0.815. The zero-order chi connectivity index (χ0) is 17.6. The molecule has 0 atom stereocenters. The maximum absolute atomic E-state index is 12.2. The number of nitrogens with one attached hydrogen (secondary N) is 2. The molecule has 1 saturated carbocycles. The zero-order valence-corrected chi connectivity index (χ0v) is 14.2. The van der Waals surface area contributed by atoms with Crippen LogP contribution in [-0.4, -0.2) is 31.5 Å². The first-order chi connectivity index (χ1) is 12.2. The van der Waals surface area contributed by atoms with Crippen LogP contribution in [0.5, 0.6) is 5.75 Å². The van der Waals surface area contributed by atoms with Crippen molar-refractivity contribution < 1.29 is 14.3 Å². The van der Waals surface area contributed by atoms with Gasteiger partial charge in [0.25, 0.3) is 11.8 Å². The third-order valence-electron chi connectivity index (χ3n) is 4.16. The molecule has 2 amide bonds. The summed E-state index contributed by atoms with van der Waals surface area (Å²) in [5.41, 5.74) is 2.24. The molecule has 2 N–H and O–H groups in total. The Morgan fingerprint density at radius 2 is 1.72 bits per heavy atom. The van der Waals surface area contributed by atoms with E-state index >= 15 is 0 Å². The van der Waals surface area contributed by atoms with Gasteiger partial charge in [0.05, 0.1) is 7.11 Å². The third kappa shape index (κ3) is 4.83. The van der Waals surface area contributed by atoms with Gasteiger partial charge in [-0.2, -0.15) is 0 Å². The molecule has 0 radical (unpaired) electrons. The minimum atomic E-state index is -0.142. The van der Waals surface area contributed by atoms with E-state index < -0.39 is 0 Å². The fraction of sp³-hybridized carbons (Fsp3) is 0.300. The van der Waals surface area contributed by atoms with Gasteiger partial charge in [-0.05, 0) is 61.2 Å². The molecule has 0 heterocycles. The number of ether oxygens (including phenoxy) is 1. The molecule has 0 unspecified atom stereocenters. The van der Waals surface area contributed by atoms with E-state index in [9.17, 15) is 9.59 Å². The van der Waals surface area contributed by atoms with E-state index in [0.29, 0.717) is 23.7 Å². The maximum Gasteiger partial charge on any atom is 0.251 e. The Hall–Kier alpha value is -2.82. The Morgan fingerprint density at radius 3 is 2.36 bits per heavy atom. The number of benzene rings is 2. The van der Waals surface area contributed by atoms with Crippen LogP contribution in [-0.2, 0) is 6.42 Å². The normalized spacial score (nSPS) is 13.2. The number of hydrogen-bond donors (Lipinski definition) is 2. The SMILES string of the molecule is COc1cccc(CCNC(=O)c2ccc(C(=O)NC3CC3)cc2)c1. The lowest BCUT2D eigenvalue weighted by atomic mass is 10.1. The first kappa shape index (κ1) is 17.0. The summed E-state index contributed by atoms with van der Waals surface area (Å²) < 4.78 is 5.19. The standard InChI is InChI=1S/C20H22N2O3/c1-25-18-4-2-3-14(13-18)11-12-21-19(23)15-5-7-16(8-6-15)20(24)22-17-9-10-17/h2-8,13,17H,9-12H2,1H3,(H,21,23)(H,22,24). The van der Waals surface area contributed by atoms with Gasteiger partial charge in [-0.15, -0.1) is 0 Å². The molecule has 0 aromatic heterocycles. The fourth-order valence-electron chi connectivity index (χ4n) is 2.52. The van der Waals surface area contributed by atoms with Crippen molar-refractivity contribution in [2.45, 2.75) is 25.3 Å². The first-order valence-electron chi connectivity index (χ1n) is 8.48. The molecule has 2 aromatic carbocycles. The van der Waals surface area contributed by atoms with Crippen molar-refractivity contribution in [3.05, 3.63) is 65.2 Å². The molecule has 1 fully saturated rings. The van der Waals surface area contributed by atoms with E-state index in [1.165, 1.54) is 0 Å². The van der Waals surface area contributed by atoms with Crippen LogP contribution in [0.1, 0.15) is 39.1 Å². The van der Waals surface area contributed by atoms with Crippen LogP contribution in [0.3, 0.4) is 0 Å². The Morgan fingerprint density at radius 1 is 1.04 bits per heavy atom. The second kappa shape index (κ2) is 7.83. The fourth-order valence-corrected chi connectivity index (χ4v) is 2.52. The van der Waals surface area contributed by atoms with Gasteiger partial charge < -0.3 is 15.4 Å². The van der Waals surface area contributed by atoms with Crippen LogP contribution in [0.25, 0.3) is 0 Å². The molecule has 0 aliphatic heterocycles. The van der Waals surface area contributed by atoms with Crippen LogP contribution in [0.15, 0.2) is 48.5 Å². The molecular formula is C20H22N2O3. The number of methoxy groups -OCH3 is 1. The zero-order valence-electron chi connectivity index (χ0n) is 14.2. The van der Waals surface area contributed by atoms with E-state index in [2.05, 4.69) is 10.6 Å². The molecule has 1 aliphatic rings. The van der Waals surface area contributed by atoms with Gasteiger partial charge in [-0.1, -0.05) is 12.1 Å². The Labute approximate surface area is 147 Å². The molecule has 0 spiro atoms. The highest BCUT2D eigenvalue weighted by atomic mass is 16.5. The van der Waals surface area contributed by atoms with Crippen molar-refractivity contribution in [2.24, 2.45) is 0 Å². The summed E-state index contributed by atoms with van der Waals surface area (Å²) in [4.78, 5) is 24.1. The van der Waals surface area contributed by atoms with Gasteiger partial charge >= 0.3 is 0 Å². The van der Waals surface area contributed by atoms with Gasteiger partial charge in [0, 0.05) is 23.7 Å². The van der Waals surface area contributed by atoms with Gasteiger partial charge in [0.15, 0.2) is 0 Å². The van der Waals surface area contributed by atoms with Crippen molar-refractivity contribution >= 4 is 11.8 Å². The highest BCUT2D eigenvalue weighted by Gasteiger charge is 2.23. The minimum absolute atomic E-state index is 0.0764. The summed E-state index contributed by atoms with van der Waals surface area (Å²) in [7, 11) is 1.63. The Kier molecular flexibility index (Phi) is 5.33. The van der Waals surface area contributed by atoms with Crippen molar-refractivity contribution in [1.82, 2.24) is 10.6 Å². The molecule has 3 rings (SSSR count). The maximum atomic E-state index is 12.2. The van der Waals surface area contributed by atoms with Crippen LogP contribution in [0.2, 0.25) is 0 Å². The van der Waals surface area contributed by atoms with Crippen LogP contribution in [0.4, 0.5) is 0 Å². The van der Waals surface area contributed by atoms with Gasteiger partial charge in [-0.25, -0.2) is 0 Å². The van der Waals surface area contributed by atoms with Crippen LogP contribution < -0.4 is 15.4 Å². The summed E-state index contributed by atoms with van der Waals surface area (Å²) in [6.07, 6.45) is 2.84.